The monoisotopic (exact) mass is 598 g/mol. The highest BCUT2D eigenvalue weighted by atomic mass is 32.2. The summed E-state index contributed by atoms with van der Waals surface area (Å²) >= 11 is 0. The third-order valence-electron chi connectivity index (χ3n) is 6.84. The minimum absolute atomic E-state index is 0.0150. The van der Waals surface area contributed by atoms with Crippen LogP contribution in [0.5, 0.6) is 5.75 Å². The summed E-state index contributed by atoms with van der Waals surface area (Å²) in [6, 6.07) is 7.11. The van der Waals surface area contributed by atoms with Crippen LogP contribution in [-0.2, 0) is 30.4 Å². The van der Waals surface area contributed by atoms with Crippen LogP contribution < -0.4 is 4.74 Å². The van der Waals surface area contributed by atoms with Gasteiger partial charge in [-0.2, -0.15) is 25.3 Å². The van der Waals surface area contributed by atoms with Crippen molar-refractivity contribution in [1.82, 2.24) is 0 Å². The van der Waals surface area contributed by atoms with Crippen molar-refractivity contribution in [3.05, 3.63) is 36.4 Å². The Balaban J connectivity index is 1.86. The fourth-order valence-electron chi connectivity index (χ4n) is 5.04. The summed E-state index contributed by atoms with van der Waals surface area (Å²) in [5.74, 6) is 0.0955. The van der Waals surface area contributed by atoms with E-state index >= 15 is 0 Å². The van der Waals surface area contributed by atoms with Crippen LogP contribution in [-0.4, -0.2) is 45.5 Å². The minimum atomic E-state index is -4.96. The molecule has 10 nitrogen and oxygen atoms in total. The van der Waals surface area contributed by atoms with E-state index in [2.05, 4.69) is 6.92 Å². The summed E-state index contributed by atoms with van der Waals surface area (Å²) in [7, 11) is -14.7. The summed E-state index contributed by atoms with van der Waals surface area (Å²) < 4.78 is 109. The van der Waals surface area contributed by atoms with Crippen molar-refractivity contribution < 1.29 is 43.6 Å². The van der Waals surface area contributed by atoms with E-state index in [0.29, 0.717) is 17.9 Å². The second kappa shape index (κ2) is 11.1. The standard InChI is InChI=1S/C26H30O10S3/c1-2-3-4-5-6-7-8-9-14-36-21-15-22(37(27,28)29)18-12-13-20-24(39(33,34)35)16-23(38(30,31)32)19-11-10-17(21)25(18)26(19)20/h10-13,15-16H,2-9,14H2,1H3,(H,27,28,29)(H,30,31,32)(H,33,34,35). The first kappa shape index (κ1) is 29.4. The number of unbranched alkanes of at least 4 members (excludes halogenated alkanes) is 7. The van der Waals surface area contributed by atoms with Gasteiger partial charge >= 0.3 is 0 Å². The zero-order valence-electron chi connectivity index (χ0n) is 21.3. The summed E-state index contributed by atoms with van der Waals surface area (Å²) in [5, 5.41) is 0.193. The smallest absolute Gasteiger partial charge is 0.295 e. The maximum absolute atomic E-state index is 12.3. The Bertz CT molecular complexity index is 1790. The van der Waals surface area contributed by atoms with Gasteiger partial charge in [-0.25, -0.2) is 0 Å². The van der Waals surface area contributed by atoms with Crippen molar-refractivity contribution in [2.75, 3.05) is 6.61 Å². The van der Waals surface area contributed by atoms with E-state index in [9.17, 15) is 38.9 Å². The first-order valence-electron chi connectivity index (χ1n) is 12.6. The molecule has 4 aromatic carbocycles. The summed E-state index contributed by atoms with van der Waals surface area (Å²) in [5.41, 5.74) is 0. The lowest BCUT2D eigenvalue weighted by molar-refractivity contribution is 0.307. The highest BCUT2D eigenvalue weighted by molar-refractivity contribution is 7.87. The van der Waals surface area contributed by atoms with E-state index in [-0.39, 0.29) is 39.3 Å². The van der Waals surface area contributed by atoms with Crippen LogP contribution in [0.2, 0.25) is 0 Å². The maximum atomic E-state index is 12.3. The van der Waals surface area contributed by atoms with E-state index in [0.717, 1.165) is 19.3 Å². The molecule has 0 amide bonds. The largest absolute Gasteiger partial charge is 0.493 e. The Kier molecular flexibility index (Phi) is 8.41. The number of hydrogen-bond donors (Lipinski definition) is 3. The van der Waals surface area contributed by atoms with Gasteiger partial charge in [0.25, 0.3) is 30.4 Å². The molecule has 4 rings (SSSR count). The van der Waals surface area contributed by atoms with Gasteiger partial charge in [0.15, 0.2) is 0 Å². The van der Waals surface area contributed by atoms with E-state index in [1.165, 1.54) is 56.0 Å². The Morgan fingerprint density at radius 2 is 0.949 bits per heavy atom. The Morgan fingerprint density at radius 3 is 1.41 bits per heavy atom. The molecule has 13 heteroatoms. The van der Waals surface area contributed by atoms with E-state index < -0.39 is 45.0 Å². The number of rotatable bonds is 13. The van der Waals surface area contributed by atoms with Gasteiger partial charge in [-0.15, -0.1) is 0 Å². The number of hydrogen-bond acceptors (Lipinski definition) is 7. The third kappa shape index (κ3) is 6.13. The first-order valence-corrected chi connectivity index (χ1v) is 16.9. The lowest BCUT2D eigenvalue weighted by Gasteiger charge is -2.19. The molecule has 0 saturated carbocycles. The molecule has 0 aliphatic carbocycles. The predicted octanol–water partition coefficient (Wildman–Crippen LogP) is 5.84. The van der Waals surface area contributed by atoms with Crippen LogP contribution in [0, 0.1) is 0 Å². The normalized spacial score (nSPS) is 13.1. The molecule has 39 heavy (non-hydrogen) atoms. The van der Waals surface area contributed by atoms with Crippen molar-refractivity contribution in [3.8, 4) is 5.75 Å². The van der Waals surface area contributed by atoms with E-state index in [1.54, 1.807) is 0 Å². The molecule has 0 atom stereocenters. The Morgan fingerprint density at radius 1 is 0.564 bits per heavy atom. The highest BCUT2D eigenvalue weighted by Gasteiger charge is 2.28. The van der Waals surface area contributed by atoms with Gasteiger partial charge in [-0.3, -0.25) is 13.7 Å². The molecule has 0 fully saturated rings. The van der Waals surface area contributed by atoms with Crippen molar-refractivity contribution >= 4 is 62.7 Å². The lowest BCUT2D eigenvalue weighted by Crippen LogP contribution is -2.07. The molecule has 0 aliphatic heterocycles. The molecule has 4 aromatic rings. The Labute approximate surface area is 227 Å². The molecular weight excluding hydrogens is 568 g/mol. The molecule has 0 heterocycles. The van der Waals surface area contributed by atoms with Gasteiger partial charge in [0.05, 0.1) is 6.61 Å². The Hall–Kier alpha value is -2.55. The topological polar surface area (TPSA) is 172 Å². The van der Waals surface area contributed by atoms with Crippen molar-refractivity contribution in [1.29, 1.82) is 0 Å². The third-order valence-corrected chi connectivity index (χ3v) is 9.52. The van der Waals surface area contributed by atoms with Gasteiger partial charge < -0.3 is 4.74 Å². The zero-order valence-corrected chi connectivity index (χ0v) is 23.7. The second-order valence-electron chi connectivity index (χ2n) is 9.57. The number of ether oxygens (including phenoxy) is 1. The second-order valence-corrected chi connectivity index (χ2v) is 13.7. The van der Waals surface area contributed by atoms with Gasteiger partial charge in [0.2, 0.25) is 0 Å². The molecule has 0 saturated heterocycles. The van der Waals surface area contributed by atoms with E-state index in [4.69, 9.17) is 4.74 Å². The SMILES string of the molecule is CCCCCCCCCCOc1cc(S(=O)(=O)O)c2ccc3c(S(=O)(=O)O)cc(S(=O)(=O)O)c4ccc1c2c43. The van der Waals surface area contributed by atoms with Gasteiger partial charge in [-0.05, 0) is 18.6 Å². The van der Waals surface area contributed by atoms with Gasteiger partial charge in [0, 0.05) is 38.4 Å². The zero-order chi connectivity index (χ0) is 28.6. The number of benzene rings is 4. The van der Waals surface area contributed by atoms with Gasteiger partial charge in [0.1, 0.15) is 20.4 Å². The van der Waals surface area contributed by atoms with Crippen LogP contribution in [0.4, 0.5) is 0 Å². The molecule has 0 aliphatic rings. The molecule has 0 aromatic heterocycles. The molecule has 0 radical (unpaired) electrons. The molecule has 0 spiro atoms. The van der Waals surface area contributed by atoms with Crippen molar-refractivity contribution in [3.63, 3.8) is 0 Å². The fraction of sp³-hybridized carbons (Fsp3) is 0.385. The maximum Gasteiger partial charge on any atom is 0.295 e. The average molecular weight is 599 g/mol. The quantitative estimate of drug-likeness (QED) is 0.0963. The van der Waals surface area contributed by atoms with Crippen LogP contribution in [0.15, 0.2) is 51.1 Å². The van der Waals surface area contributed by atoms with Crippen LogP contribution in [0.3, 0.4) is 0 Å². The predicted molar refractivity (Wildman–Crippen MR) is 148 cm³/mol. The van der Waals surface area contributed by atoms with Crippen LogP contribution in [0.1, 0.15) is 58.3 Å². The van der Waals surface area contributed by atoms with Crippen LogP contribution in [0.25, 0.3) is 32.3 Å². The minimum Gasteiger partial charge on any atom is -0.493 e. The van der Waals surface area contributed by atoms with E-state index in [1.807, 2.05) is 0 Å². The van der Waals surface area contributed by atoms with Crippen molar-refractivity contribution in [2.45, 2.75) is 73.0 Å². The highest BCUT2D eigenvalue weighted by Crippen LogP contribution is 2.45. The molecule has 3 N–H and O–H groups in total. The molecule has 212 valence electrons. The average Bonchev–Trinajstić information content (AvgIpc) is 2.84. The summed E-state index contributed by atoms with van der Waals surface area (Å²) in [6.07, 6.45) is 8.48. The van der Waals surface area contributed by atoms with Crippen molar-refractivity contribution in [2.24, 2.45) is 0 Å². The lowest BCUT2D eigenvalue weighted by atomic mass is 9.93. The summed E-state index contributed by atoms with van der Waals surface area (Å²) in [4.78, 5) is -2.08. The molecule has 0 unspecified atom stereocenters. The molecular formula is C26H30O10S3. The van der Waals surface area contributed by atoms with Crippen LogP contribution >= 0.6 is 0 Å². The molecule has 0 bridgehead atoms. The fourth-order valence-corrected chi connectivity index (χ4v) is 7.25. The van der Waals surface area contributed by atoms with Gasteiger partial charge in [-0.1, -0.05) is 70.1 Å². The first-order chi connectivity index (χ1) is 18.2. The summed E-state index contributed by atoms with van der Waals surface area (Å²) in [6.45, 7) is 2.40.